The second-order valence-corrected chi connectivity index (χ2v) is 9.58. The Morgan fingerprint density at radius 2 is 1.97 bits per heavy atom. The fourth-order valence-electron chi connectivity index (χ4n) is 5.22. The highest BCUT2D eigenvalue weighted by Gasteiger charge is 2.34. The number of esters is 1. The van der Waals surface area contributed by atoms with Crippen LogP contribution in [0.15, 0.2) is 4.79 Å². The molecule has 1 saturated carbocycles. The van der Waals surface area contributed by atoms with Gasteiger partial charge < -0.3 is 15.0 Å². The van der Waals surface area contributed by atoms with Crippen LogP contribution in [-0.2, 0) is 20.7 Å². The molecule has 1 aliphatic carbocycles. The Morgan fingerprint density at radius 1 is 1.18 bits per heavy atom. The Hall–Kier alpha value is -2.75. The summed E-state index contributed by atoms with van der Waals surface area (Å²) >= 11 is 0. The van der Waals surface area contributed by atoms with Crippen LogP contribution in [0.3, 0.4) is 0 Å². The molecule has 0 radical (unpaired) electrons. The second kappa shape index (κ2) is 10.0. The number of nitrogens with zero attached hydrogens (tertiary/aromatic N) is 3. The number of amides is 1. The molecule has 2 aromatic heterocycles. The van der Waals surface area contributed by atoms with Crippen molar-refractivity contribution in [1.82, 2.24) is 30.4 Å². The van der Waals surface area contributed by atoms with Gasteiger partial charge in [0, 0.05) is 12.5 Å². The van der Waals surface area contributed by atoms with Gasteiger partial charge in [0.05, 0.1) is 19.3 Å². The van der Waals surface area contributed by atoms with Gasteiger partial charge in [-0.1, -0.05) is 26.7 Å². The van der Waals surface area contributed by atoms with Gasteiger partial charge in [-0.05, 0) is 44.1 Å². The molecule has 1 aliphatic heterocycles. The first kappa shape index (κ1) is 23.4. The Morgan fingerprint density at radius 3 is 2.73 bits per heavy atom. The van der Waals surface area contributed by atoms with Gasteiger partial charge in [0.15, 0.2) is 5.52 Å². The first-order valence-electron chi connectivity index (χ1n) is 12.0. The van der Waals surface area contributed by atoms with Gasteiger partial charge in [0.2, 0.25) is 5.91 Å². The summed E-state index contributed by atoms with van der Waals surface area (Å²) in [7, 11) is 1.38. The van der Waals surface area contributed by atoms with Crippen molar-refractivity contribution >= 4 is 22.9 Å². The first-order valence-corrected chi connectivity index (χ1v) is 12.0. The molecule has 0 unspecified atom stereocenters. The third-order valence-corrected chi connectivity index (χ3v) is 6.96. The second-order valence-electron chi connectivity index (χ2n) is 9.58. The van der Waals surface area contributed by atoms with E-state index in [-0.39, 0.29) is 47.9 Å². The van der Waals surface area contributed by atoms with Gasteiger partial charge in [0.1, 0.15) is 17.4 Å². The molecule has 0 spiro atoms. The van der Waals surface area contributed by atoms with Gasteiger partial charge in [-0.15, -0.1) is 0 Å². The lowest BCUT2D eigenvalue weighted by atomic mass is 9.82. The fraction of sp³-hybridized carbons (Fsp3) is 0.696. The van der Waals surface area contributed by atoms with Crippen molar-refractivity contribution in [2.45, 2.75) is 76.8 Å². The molecule has 4 rings (SSSR count). The number of ether oxygens (including phenoxy) is 1. The molecule has 0 aromatic carbocycles. The Labute approximate surface area is 192 Å². The molecule has 10 heteroatoms. The number of hydrogen-bond acceptors (Lipinski definition) is 7. The first-order chi connectivity index (χ1) is 15.9. The molecule has 3 N–H and O–H groups in total. The number of methoxy groups -OCH3 is 1. The normalized spacial score (nSPS) is 23.8. The predicted molar refractivity (Wildman–Crippen MR) is 123 cm³/mol. The molecule has 0 bridgehead atoms. The molecule has 3 atom stereocenters. The average molecular weight is 459 g/mol. The van der Waals surface area contributed by atoms with Crippen molar-refractivity contribution in [1.29, 1.82) is 0 Å². The number of likely N-dealkylation sites (tertiary alicyclic amines) is 1. The largest absolute Gasteiger partial charge is 0.468 e. The minimum Gasteiger partial charge on any atom is -0.468 e. The highest BCUT2D eigenvalue weighted by atomic mass is 16.5. The highest BCUT2D eigenvalue weighted by molar-refractivity contribution is 5.81. The fourth-order valence-corrected chi connectivity index (χ4v) is 5.22. The van der Waals surface area contributed by atoms with Gasteiger partial charge >= 0.3 is 5.97 Å². The van der Waals surface area contributed by atoms with E-state index in [1.807, 2.05) is 18.7 Å². The Kier molecular flexibility index (Phi) is 7.11. The summed E-state index contributed by atoms with van der Waals surface area (Å²) in [4.78, 5) is 46.9. The molecule has 33 heavy (non-hydrogen) atoms. The molecule has 2 aromatic rings. The molecule has 1 saturated heterocycles. The van der Waals surface area contributed by atoms with Crippen LogP contribution in [0.2, 0.25) is 0 Å². The van der Waals surface area contributed by atoms with Crippen LogP contribution >= 0.6 is 0 Å². The summed E-state index contributed by atoms with van der Waals surface area (Å²) in [5.74, 6) is 0.649. The number of aromatic amines is 2. The Bertz CT molecular complexity index is 1060. The minimum atomic E-state index is -0.339. The zero-order valence-corrected chi connectivity index (χ0v) is 19.6. The number of aromatic nitrogens is 4. The van der Waals surface area contributed by atoms with E-state index in [9.17, 15) is 14.4 Å². The average Bonchev–Trinajstić information content (AvgIpc) is 3.42. The Balaban J connectivity index is 1.44. The topological polar surface area (TPSA) is 133 Å². The molecule has 3 heterocycles. The maximum absolute atomic E-state index is 12.8. The lowest BCUT2D eigenvalue weighted by molar-refractivity contribution is -0.146. The quantitative estimate of drug-likeness (QED) is 0.537. The molecule has 180 valence electrons. The van der Waals surface area contributed by atoms with Gasteiger partial charge in [-0.2, -0.15) is 5.10 Å². The summed E-state index contributed by atoms with van der Waals surface area (Å²) in [6.07, 6.45) is 6.19. The maximum Gasteiger partial charge on any atom is 0.323 e. The smallest absolute Gasteiger partial charge is 0.323 e. The summed E-state index contributed by atoms with van der Waals surface area (Å²) in [6.45, 7) is 4.98. The minimum absolute atomic E-state index is 0.0142. The van der Waals surface area contributed by atoms with Gasteiger partial charge in [-0.25, -0.2) is 4.98 Å². The number of hydrogen-bond donors (Lipinski definition) is 3. The van der Waals surface area contributed by atoms with Crippen LogP contribution in [0.25, 0.3) is 11.0 Å². The zero-order valence-electron chi connectivity index (χ0n) is 19.6. The summed E-state index contributed by atoms with van der Waals surface area (Å²) in [5.41, 5.74) is 1.58. The van der Waals surface area contributed by atoms with Crippen LogP contribution in [-0.4, -0.2) is 69.2 Å². The van der Waals surface area contributed by atoms with E-state index in [0.29, 0.717) is 23.3 Å². The molecule has 10 nitrogen and oxygen atoms in total. The predicted octanol–water partition coefficient (Wildman–Crippen LogP) is 1.62. The van der Waals surface area contributed by atoms with Crippen LogP contribution in [0, 0.1) is 5.92 Å². The number of H-pyrrole nitrogens is 2. The number of fused-ring (bicyclic) bond motifs is 1. The maximum atomic E-state index is 12.8. The van der Waals surface area contributed by atoms with E-state index in [2.05, 4.69) is 20.5 Å². The molecular weight excluding hydrogens is 424 g/mol. The number of rotatable bonds is 7. The molecule has 2 aliphatic rings. The van der Waals surface area contributed by atoms with Crippen molar-refractivity contribution in [3.63, 3.8) is 0 Å². The SMILES string of the molecule is COC(=O)[C@@H]1CCCN1CC(=O)N[C@@H]1CCCC[C@H]1Cc1nc2c(C(C)C)[nH]nc2c(=O)[nH]1. The highest BCUT2D eigenvalue weighted by Crippen LogP contribution is 2.28. The third kappa shape index (κ3) is 5.10. The number of carbonyl (C=O) groups excluding carboxylic acids is 2. The van der Waals surface area contributed by atoms with Crippen LogP contribution in [0.4, 0.5) is 0 Å². The van der Waals surface area contributed by atoms with E-state index in [1.54, 1.807) is 0 Å². The van der Waals surface area contributed by atoms with E-state index >= 15 is 0 Å². The molecule has 2 fully saturated rings. The van der Waals surface area contributed by atoms with Crippen LogP contribution < -0.4 is 10.9 Å². The third-order valence-electron chi connectivity index (χ3n) is 6.96. The van der Waals surface area contributed by atoms with E-state index in [4.69, 9.17) is 9.72 Å². The summed E-state index contributed by atoms with van der Waals surface area (Å²) in [6, 6.07) is -0.325. The lowest BCUT2D eigenvalue weighted by Gasteiger charge is -2.33. The summed E-state index contributed by atoms with van der Waals surface area (Å²) in [5, 5.41) is 10.3. The van der Waals surface area contributed by atoms with Crippen LogP contribution in [0.1, 0.15) is 69.8 Å². The van der Waals surface area contributed by atoms with Gasteiger partial charge in [-0.3, -0.25) is 24.4 Å². The molecule has 1 amide bonds. The van der Waals surface area contributed by atoms with E-state index in [1.165, 1.54) is 7.11 Å². The van der Waals surface area contributed by atoms with Crippen molar-refractivity contribution in [2.75, 3.05) is 20.2 Å². The van der Waals surface area contributed by atoms with E-state index in [0.717, 1.165) is 50.8 Å². The standard InChI is InChI=1S/C23H34N6O4/c1-13(2)19-20-21(28-27-19)22(31)26-17(25-20)11-14-7-4-5-8-15(14)24-18(30)12-29-10-6-9-16(29)23(32)33-3/h13-16H,4-12H2,1-3H3,(H,24,30)(H,27,28)(H,25,26,31)/t14-,15+,16-/m0/s1. The monoisotopic (exact) mass is 458 g/mol. The van der Waals surface area contributed by atoms with Crippen molar-refractivity contribution in [3.05, 3.63) is 21.9 Å². The van der Waals surface area contributed by atoms with Crippen LogP contribution in [0.5, 0.6) is 0 Å². The van der Waals surface area contributed by atoms with E-state index < -0.39 is 0 Å². The van der Waals surface area contributed by atoms with Crippen molar-refractivity contribution in [2.24, 2.45) is 5.92 Å². The number of nitrogens with one attached hydrogen (secondary N) is 3. The lowest BCUT2D eigenvalue weighted by Crippen LogP contribution is -2.49. The molecular formula is C23H34N6O4. The summed E-state index contributed by atoms with van der Waals surface area (Å²) < 4.78 is 4.88. The van der Waals surface area contributed by atoms with Gasteiger partial charge in [0.25, 0.3) is 5.56 Å². The van der Waals surface area contributed by atoms with Crippen molar-refractivity contribution < 1.29 is 14.3 Å². The number of carbonyl (C=O) groups is 2. The van der Waals surface area contributed by atoms with Crippen molar-refractivity contribution in [3.8, 4) is 0 Å². The zero-order chi connectivity index (χ0) is 23.5.